The van der Waals surface area contributed by atoms with E-state index in [1.54, 1.807) is 0 Å². The fourth-order valence-corrected chi connectivity index (χ4v) is 3.63. The normalized spacial score (nSPS) is 18.4. The molecule has 2 aliphatic rings. The van der Waals surface area contributed by atoms with Gasteiger partial charge in [-0.05, 0) is 37.3 Å². The Kier molecular flexibility index (Phi) is 7.10. The number of likely N-dealkylation sites (tertiary alicyclic amines) is 1. The van der Waals surface area contributed by atoms with Gasteiger partial charge in [0.05, 0.1) is 25.4 Å². The van der Waals surface area contributed by atoms with E-state index >= 15 is 0 Å². The molecule has 6 nitrogen and oxygen atoms in total. The molecule has 1 aromatic rings. The van der Waals surface area contributed by atoms with Crippen molar-refractivity contribution < 1.29 is 19.1 Å². The molecule has 0 unspecified atom stereocenters. The molecule has 0 N–H and O–H groups in total. The number of hydrogen-bond acceptors (Lipinski definition) is 4. The van der Waals surface area contributed by atoms with E-state index in [2.05, 4.69) is 0 Å². The van der Waals surface area contributed by atoms with Crippen molar-refractivity contribution in [2.75, 3.05) is 46.0 Å². The first-order valence-corrected chi connectivity index (χ1v) is 10.1. The Morgan fingerprint density at radius 3 is 2.48 bits per heavy atom. The number of piperidine rings is 1. The van der Waals surface area contributed by atoms with Crippen molar-refractivity contribution in [1.82, 2.24) is 9.80 Å². The summed E-state index contributed by atoms with van der Waals surface area (Å²) in [7, 11) is 0. The van der Waals surface area contributed by atoms with E-state index in [1.807, 2.05) is 41.0 Å². The number of carbonyl (C=O) groups is 2. The van der Waals surface area contributed by atoms with Gasteiger partial charge in [0.1, 0.15) is 5.75 Å². The van der Waals surface area contributed by atoms with Crippen LogP contribution in [-0.2, 0) is 9.53 Å². The molecule has 1 aromatic carbocycles. The highest BCUT2D eigenvalue weighted by molar-refractivity contribution is 5.97. The highest BCUT2D eigenvalue weighted by Crippen LogP contribution is 2.24. The maximum Gasteiger partial charge on any atom is 0.257 e. The first-order valence-electron chi connectivity index (χ1n) is 10.1. The third kappa shape index (κ3) is 5.22. The summed E-state index contributed by atoms with van der Waals surface area (Å²) in [6, 6.07) is 7.47. The Balaban J connectivity index is 1.53. The molecule has 2 saturated heterocycles. The van der Waals surface area contributed by atoms with Crippen LogP contribution in [0.1, 0.15) is 43.0 Å². The van der Waals surface area contributed by atoms with Gasteiger partial charge >= 0.3 is 0 Å². The quantitative estimate of drug-likeness (QED) is 0.768. The van der Waals surface area contributed by atoms with Crippen molar-refractivity contribution in [3.8, 4) is 5.75 Å². The van der Waals surface area contributed by atoms with Gasteiger partial charge in [-0.2, -0.15) is 0 Å². The second-order valence-electron chi connectivity index (χ2n) is 7.29. The summed E-state index contributed by atoms with van der Waals surface area (Å²) < 4.78 is 11.4. The zero-order valence-electron chi connectivity index (χ0n) is 16.2. The van der Waals surface area contributed by atoms with Gasteiger partial charge in [-0.1, -0.05) is 19.1 Å². The molecular formula is C21H30N2O4. The molecule has 27 heavy (non-hydrogen) atoms. The van der Waals surface area contributed by atoms with Crippen LogP contribution in [-0.4, -0.2) is 67.6 Å². The molecular weight excluding hydrogens is 344 g/mol. The lowest BCUT2D eigenvalue weighted by atomic mass is 9.97. The van der Waals surface area contributed by atoms with Gasteiger partial charge in [0.2, 0.25) is 5.91 Å². The Morgan fingerprint density at radius 1 is 1.07 bits per heavy atom. The Morgan fingerprint density at radius 2 is 1.78 bits per heavy atom. The molecule has 3 rings (SSSR count). The van der Waals surface area contributed by atoms with Crippen LogP contribution >= 0.6 is 0 Å². The summed E-state index contributed by atoms with van der Waals surface area (Å²) >= 11 is 0. The predicted octanol–water partition coefficient (Wildman–Crippen LogP) is 2.58. The third-order valence-corrected chi connectivity index (χ3v) is 5.32. The number of amides is 2. The molecule has 0 bridgehead atoms. The first kappa shape index (κ1) is 19.7. The second kappa shape index (κ2) is 9.74. The van der Waals surface area contributed by atoms with Gasteiger partial charge in [-0.3, -0.25) is 9.59 Å². The van der Waals surface area contributed by atoms with Crippen LogP contribution < -0.4 is 4.74 Å². The molecule has 2 aliphatic heterocycles. The van der Waals surface area contributed by atoms with Gasteiger partial charge in [-0.15, -0.1) is 0 Å². The molecule has 2 fully saturated rings. The third-order valence-electron chi connectivity index (χ3n) is 5.32. The van der Waals surface area contributed by atoms with Crippen molar-refractivity contribution in [1.29, 1.82) is 0 Å². The molecule has 148 valence electrons. The average Bonchev–Trinajstić information content (AvgIpc) is 2.73. The summed E-state index contributed by atoms with van der Waals surface area (Å²) in [6.45, 7) is 6.66. The fraction of sp³-hybridized carbons (Fsp3) is 0.619. The zero-order chi connectivity index (χ0) is 19.1. The van der Waals surface area contributed by atoms with Crippen molar-refractivity contribution in [3.63, 3.8) is 0 Å². The number of hydrogen-bond donors (Lipinski definition) is 0. The van der Waals surface area contributed by atoms with Gasteiger partial charge < -0.3 is 19.3 Å². The van der Waals surface area contributed by atoms with E-state index in [4.69, 9.17) is 9.47 Å². The van der Waals surface area contributed by atoms with Crippen LogP contribution in [0.5, 0.6) is 5.75 Å². The fourth-order valence-electron chi connectivity index (χ4n) is 3.63. The number of morpholine rings is 1. The van der Waals surface area contributed by atoms with E-state index in [0.717, 1.165) is 32.4 Å². The minimum Gasteiger partial charge on any atom is -0.492 e. The Labute approximate surface area is 161 Å². The van der Waals surface area contributed by atoms with Crippen molar-refractivity contribution >= 4 is 11.8 Å². The monoisotopic (exact) mass is 374 g/mol. The molecule has 0 radical (unpaired) electrons. The topological polar surface area (TPSA) is 59.1 Å². The van der Waals surface area contributed by atoms with Crippen LogP contribution in [0.15, 0.2) is 24.3 Å². The molecule has 0 aromatic heterocycles. The maximum absolute atomic E-state index is 12.8. The average molecular weight is 374 g/mol. The van der Waals surface area contributed by atoms with E-state index in [1.165, 1.54) is 0 Å². The molecule has 0 aliphatic carbocycles. The van der Waals surface area contributed by atoms with Crippen molar-refractivity contribution in [3.05, 3.63) is 29.8 Å². The zero-order valence-corrected chi connectivity index (χ0v) is 16.2. The lowest BCUT2D eigenvalue weighted by Gasteiger charge is -2.32. The molecule has 0 spiro atoms. The molecule has 2 heterocycles. The molecule has 0 atom stereocenters. The van der Waals surface area contributed by atoms with E-state index < -0.39 is 0 Å². The van der Waals surface area contributed by atoms with Crippen molar-refractivity contribution in [2.24, 2.45) is 5.92 Å². The van der Waals surface area contributed by atoms with E-state index in [9.17, 15) is 9.59 Å². The van der Waals surface area contributed by atoms with Gasteiger partial charge in [0.15, 0.2) is 0 Å². The number of rotatable bonds is 6. The molecule has 0 saturated carbocycles. The van der Waals surface area contributed by atoms with Crippen LogP contribution in [0.4, 0.5) is 0 Å². The summed E-state index contributed by atoms with van der Waals surface area (Å²) in [5, 5.41) is 0. The molecule has 2 amide bonds. The van der Waals surface area contributed by atoms with Crippen molar-refractivity contribution in [2.45, 2.75) is 32.6 Å². The maximum atomic E-state index is 12.8. The van der Waals surface area contributed by atoms with E-state index in [0.29, 0.717) is 56.6 Å². The number of ether oxygens (including phenoxy) is 2. The number of nitrogens with zero attached hydrogens (tertiary/aromatic N) is 2. The summed E-state index contributed by atoms with van der Waals surface area (Å²) in [6.07, 6.45) is 3.44. The van der Waals surface area contributed by atoms with Gasteiger partial charge in [0.25, 0.3) is 5.91 Å². The summed E-state index contributed by atoms with van der Waals surface area (Å²) in [5.74, 6) is 1.34. The minimum atomic E-state index is 0.00822. The van der Waals surface area contributed by atoms with Gasteiger partial charge in [-0.25, -0.2) is 0 Å². The number of para-hydroxylation sites is 1. The van der Waals surface area contributed by atoms with Crippen LogP contribution in [0.2, 0.25) is 0 Å². The number of carbonyl (C=O) groups excluding carboxylic acids is 2. The largest absolute Gasteiger partial charge is 0.492 e. The molecule has 6 heteroatoms. The lowest BCUT2D eigenvalue weighted by molar-refractivity contribution is -0.132. The standard InChI is InChI=1S/C21H30N2O4/c1-2-5-20(24)22-10-8-17(9-11-22)16-27-19-7-4-3-6-18(19)21(25)23-12-14-26-15-13-23/h3-4,6-7,17H,2,5,8-16H2,1H3. The summed E-state index contributed by atoms with van der Waals surface area (Å²) in [4.78, 5) is 28.6. The van der Waals surface area contributed by atoms with Crippen LogP contribution in [0.3, 0.4) is 0 Å². The second-order valence-corrected chi connectivity index (χ2v) is 7.29. The van der Waals surface area contributed by atoms with Gasteiger partial charge in [0, 0.05) is 32.6 Å². The number of benzene rings is 1. The SMILES string of the molecule is CCCC(=O)N1CCC(COc2ccccc2C(=O)N2CCOCC2)CC1. The highest BCUT2D eigenvalue weighted by Gasteiger charge is 2.24. The minimum absolute atomic E-state index is 0.00822. The Hall–Kier alpha value is -2.08. The van der Waals surface area contributed by atoms with Crippen LogP contribution in [0.25, 0.3) is 0 Å². The van der Waals surface area contributed by atoms with E-state index in [-0.39, 0.29) is 11.8 Å². The lowest BCUT2D eigenvalue weighted by Crippen LogP contribution is -2.41. The summed E-state index contributed by atoms with van der Waals surface area (Å²) in [5.41, 5.74) is 0.620. The predicted molar refractivity (Wildman–Crippen MR) is 103 cm³/mol. The van der Waals surface area contributed by atoms with Crippen LogP contribution in [0, 0.1) is 5.92 Å². The first-order chi connectivity index (χ1) is 13.2. The Bertz CT molecular complexity index is 635. The smallest absolute Gasteiger partial charge is 0.257 e. The highest BCUT2D eigenvalue weighted by atomic mass is 16.5.